The molecule has 0 spiro atoms. The van der Waals surface area contributed by atoms with Crippen LogP contribution in [-0.4, -0.2) is 5.91 Å². The number of halogens is 3. The minimum atomic E-state index is -4.37. The maximum Gasteiger partial charge on any atom is 0.416 e. The fourth-order valence-corrected chi connectivity index (χ4v) is 2.05. The predicted octanol–water partition coefficient (Wildman–Crippen LogP) is 4.50. The van der Waals surface area contributed by atoms with Crippen LogP contribution < -0.4 is 5.32 Å². The molecule has 0 atom stereocenters. The van der Waals surface area contributed by atoms with Crippen molar-refractivity contribution in [2.45, 2.75) is 26.4 Å². The van der Waals surface area contributed by atoms with Crippen LogP contribution in [0.5, 0.6) is 0 Å². The van der Waals surface area contributed by atoms with Crippen molar-refractivity contribution in [3.8, 4) is 0 Å². The van der Waals surface area contributed by atoms with Crippen LogP contribution in [0.25, 0.3) is 0 Å². The van der Waals surface area contributed by atoms with Crippen molar-refractivity contribution in [3.63, 3.8) is 0 Å². The van der Waals surface area contributed by atoms with Crippen molar-refractivity contribution in [1.29, 1.82) is 0 Å². The molecular formula is C17H16F3NO. The highest BCUT2D eigenvalue weighted by molar-refractivity contribution is 5.92. The summed E-state index contributed by atoms with van der Waals surface area (Å²) >= 11 is 0. The van der Waals surface area contributed by atoms with Gasteiger partial charge in [-0.05, 0) is 54.8 Å². The lowest BCUT2D eigenvalue weighted by molar-refractivity contribution is -0.137. The van der Waals surface area contributed by atoms with E-state index in [1.807, 2.05) is 32.0 Å². The molecule has 0 unspecified atom stereocenters. The minimum Gasteiger partial charge on any atom is -0.326 e. The normalized spacial score (nSPS) is 11.3. The van der Waals surface area contributed by atoms with Crippen LogP contribution in [0.2, 0.25) is 0 Å². The van der Waals surface area contributed by atoms with Crippen LogP contribution in [0.3, 0.4) is 0 Å². The van der Waals surface area contributed by atoms with Crippen molar-refractivity contribution in [1.82, 2.24) is 0 Å². The molecule has 2 rings (SSSR count). The number of carbonyl (C=O) groups is 1. The first kappa shape index (κ1) is 16.1. The Morgan fingerprint density at radius 2 is 1.64 bits per heavy atom. The van der Waals surface area contributed by atoms with Gasteiger partial charge in [-0.2, -0.15) is 13.2 Å². The summed E-state index contributed by atoms with van der Waals surface area (Å²) in [4.78, 5) is 11.9. The molecule has 0 saturated carbocycles. The van der Waals surface area contributed by atoms with Gasteiger partial charge in [0.15, 0.2) is 0 Å². The molecule has 1 amide bonds. The standard InChI is InChI=1S/C17H16F3NO/c1-11-3-4-13(9-12(11)2)10-16(22)21-15-7-5-14(6-8-15)17(18,19)20/h3-9H,10H2,1-2H3,(H,21,22). The molecular weight excluding hydrogens is 291 g/mol. The zero-order chi connectivity index (χ0) is 16.3. The third kappa shape index (κ3) is 4.10. The minimum absolute atomic E-state index is 0.183. The number of amides is 1. The van der Waals surface area contributed by atoms with Crippen molar-refractivity contribution in [3.05, 3.63) is 64.7 Å². The summed E-state index contributed by atoms with van der Waals surface area (Å²) in [5.74, 6) is -0.261. The summed E-state index contributed by atoms with van der Waals surface area (Å²) in [6, 6.07) is 10.1. The van der Waals surface area contributed by atoms with E-state index in [0.29, 0.717) is 5.69 Å². The summed E-state index contributed by atoms with van der Waals surface area (Å²) in [6.07, 6.45) is -4.19. The van der Waals surface area contributed by atoms with E-state index in [1.165, 1.54) is 12.1 Å². The first-order chi connectivity index (χ1) is 10.3. The summed E-state index contributed by atoms with van der Waals surface area (Å²) in [7, 11) is 0. The summed E-state index contributed by atoms with van der Waals surface area (Å²) in [5, 5.41) is 2.60. The monoisotopic (exact) mass is 307 g/mol. The molecule has 0 aliphatic heterocycles. The average Bonchev–Trinajstić information content (AvgIpc) is 2.42. The third-order valence-corrected chi connectivity index (χ3v) is 3.43. The highest BCUT2D eigenvalue weighted by atomic mass is 19.4. The van der Waals surface area contributed by atoms with E-state index in [-0.39, 0.29) is 12.3 Å². The number of hydrogen-bond acceptors (Lipinski definition) is 1. The van der Waals surface area contributed by atoms with Gasteiger partial charge in [0.25, 0.3) is 0 Å². The van der Waals surface area contributed by atoms with Crippen LogP contribution in [0.1, 0.15) is 22.3 Å². The molecule has 2 nitrogen and oxygen atoms in total. The second-order valence-electron chi connectivity index (χ2n) is 5.22. The van der Waals surface area contributed by atoms with E-state index in [2.05, 4.69) is 5.32 Å². The number of carbonyl (C=O) groups excluding carboxylic acids is 1. The molecule has 0 aliphatic carbocycles. The fourth-order valence-electron chi connectivity index (χ4n) is 2.05. The average molecular weight is 307 g/mol. The van der Waals surface area contributed by atoms with E-state index >= 15 is 0 Å². The predicted molar refractivity (Wildman–Crippen MR) is 79.7 cm³/mol. The third-order valence-electron chi connectivity index (χ3n) is 3.43. The Labute approximate surface area is 127 Å². The van der Waals surface area contributed by atoms with Crippen molar-refractivity contribution >= 4 is 11.6 Å². The van der Waals surface area contributed by atoms with Crippen LogP contribution in [0, 0.1) is 13.8 Å². The maximum atomic E-state index is 12.5. The maximum absolute atomic E-state index is 12.5. The Morgan fingerprint density at radius 3 is 2.18 bits per heavy atom. The molecule has 2 aromatic rings. The van der Waals surface area contributed by atoms with Gasteiger partial charge in [0, 0.05) is 5.69 Å². The van der Waals surface area contributed by atoms with Gasteiger partial charge in [-0.3, -0.25) is 4.79 Å². The number of aryl methyl sites for hydroxylation is 2. The van der Waals surface area contributed by atoms with Gasteiger partial charge < -0.3 is 5.32 Å². The second-order valence-corrected chi connectivity index (χ2v) is 5.22. The summed E-state index contributed by atoms with van der Waals surface area (Å²) in [5.41, 5.74) is 2.72. The van der Waals surface area contributed by atoms with Gasteiger partial charge >= 0.3 is 6.18 Å². The Balaban J connectivity index is 2.01. The van der Waals surface area contributed by atoms with Crippen molar-refractivity contribution < 1.29 is 18.0 Å². The number of alkyl halides is 3. The number of benzene rings is 2. The molecule has 0 aliphatic rings. The van der Waals surface area contributed by atoms with E-state index in [9.17, 15) is 18.0 Å². The van der Waals surface area contributed by atoms with Crippen LogP contribution in [0.4, 0.5) is 18.9 Å². The number of nitrogens with one attached hydrogen (secondary N) is 1. The number of rotatable bonds is 3. The SMILES string of the molecule is Cc1ccc(CC(=O)Nc2ccc(C(F)(F)F)cc2)cc1C. The lowest BCUT2D eigenvalue weighted by atomic mass is 10.0. The second kappa shape index (κ2) is 6.22. The van der Waals surface area contributed by atoms with E-state index < -0.39 is 11.7 Å². The molecule has 0 bridgehead atoms. The first-order valence-corrected chi connectivity index (χ1v) is 6.79. The molecule has 5 heteroatoms. The Hall–Kier alpha value is -2.30. The van der Waals surface area contributed by atoms with Crippen LogP contribution in [-0.2, 0) is 17.4 Å². The van der Waals surface area contributed by atoms with E-state index in [0.717, 1.165) is 28.8 Å². The smallest absolute Gasteiger partial charge is 0.326 e. The zero-order valence-electron chi connectivity index (χ0n) is 12.3. The summed E-state index contributed by atoms with van der Waals surface area (Å²) < 4.78 is 37.4. The highest BCUT2D eigenvalue weighted by Crippen LogP contribution is 2.29. The highest BCUT2D eigenvalue weighted by Gasteiger charge is 2.29. The molecule has 0 fully saturated rings. The van der Waals surface area contributed by atoms with Crippen LogP contribution in [0.15, 0.2) is 42.5 Å². The topological polar surface area (TPSA) is 29.1 Å². The molecule has 116 valence electrons. The lowest BCUT2D eigenvalue weighted by Gasteiger charge is -2.09. The Morgan fingerprint density at radius 1 is 1.00 bits per heavy atom. The molecule has 0 saturated heterocycles. The van der Waals surface area contributed by atoms with Gasteiger partial charge in [0.05, 0.1) is 12.0 Å². The number of anilines is 1. The zero-order valence-corrected chi connectivity index (χ0v) is 12.3. The van der Waals surface area contributed by atoms with Gasteiger partial charge in [-0.25, -0.2) is 0 Å². The molecule has 2 aromatic carbocycles. The Bertz CT molecular complexity index is 675. The largest absolute Gasteiger partial charge is 0.416 e. The van der Waals surface area contributed by atoms with Gasteiger partial charge in [-0.1, -0.05) is 18.2 Å². The number of hydrogen-bond donors (Lipinski definition) is 1. The molecule has 0 aromatic heterocycles. The quantitative estimate of drug-likeness (QED) is 0.888. The van der Waals surface area contributed by atoms with E-state index in [4.69, 9.17) is 0 Å². The molecule has 22 heavy (non-hydrogen) atoms. The molecule has 0 radical (unpaired) electrons. The van der Waals surface area contributed by atoms with Gasteiger partial charge in [0.2, 0.25) is 5.91 Å². The van der Waals surface area contributed by atoms with Crippen LogP contribution >= 0.6 is 0 Å². The lowest BCUT2D eigenvalue weighted by Crippen LogP contribution is -2.14. The Kier molecular flexibility index (Phi) is 4.54. The molecule has 1 N–H and O–H groups in total. The van der Waals surface area contributed by atoms with Gasteiger partial charge in [-0.15, -0.1) is 0 Å². The fraction of sp³-hybridized carbons (Fsp3) is 0.235. The first-order valence-electron chi connectivity index (χ1n) is 6.79. The van der Waals surface area contributed by atoms with Crippen molar-refractivity contribution in [2.24, 2.45) is 0 Å². The molecule has 0 heterocycles. The van der Waals surface area contributed by atoms with Gasteiger partial charge in [0.1, 0.15) is 0 Å². The summed E-state index contributed by atoms with van der Waals surface area (Å²) in [6.45, 7) is 3.95. The van der Waals surface area contributed by atoms with E-state index in [1.54, 1.807) is 0 Å². The van der Waals surface area contributed by atoms with Crippen molar-refractivity contribution in [2.75, 3.05) is 5.32 Å².